The molecule has 3 aromatic carbocycles. The molecule has 0 saturated heterocycles. The Kier molecular flexibility index (Phi) is 4.35. The van der Waals surface area contributed by atoms with E-state index >= 15 is 0 Å². The molecule has 1 aliphatic heterocycles. The van der Waals surface area contributed by atoms with E-state index in [1.165, 1.54) is 0 Å². The van der Waals surface area contributed by atoms with Gasteiger partial charge in [0.2, 0.25) is 5.91 Å². The zero-order valence-electron chi connectivity index (χ0n) is 13.7. The smallest absolute Gasteiger partial charge is 0.239 e. The van der Waals surface area contributed by atoms with Gasteiger partial charge in [-0.3, -0.25) is 9.69 Å². The summed E-state index contributed by atoms with van der Waals surface area (Å²) in [6, 6.07) is 19.9. The topological polar surface area (TPSA) is 40.5 Å². The first-order valence-electron chi connectivity index (χ1n) is 8.20. The van der Waals surface area contributed by atoms with Crippen LogP contribution in [0, 0.1) is 0 Å². The lowest BCUT2D eigenvalue weighted by atomic mass is 9.93. The first kappa shape index (κ1) is 17.0. The highest BCUT2D eigenvalue weighted by molar-refractivity contribution is 6.35. The summed E-state index contributed by atoms with van der Waals surface area (Å²) in [5, 5.41) is 10.9. The van der Waals surface area contributed by atoms with Gasteiger partial charge in [-0.15, -0.1) is 0 Å². The van der Waals surface area contributed by atoms with Crippen molar-refractivity contribution in [1.82, 2.24) is 0 Å². The van der Waals surface area contributed by atoms with Crippen LogP contribution in [0.2, 0.25) is 10.0 Å². The number of aromatic hydroxyl groups is 1. The molecule has 26 heavy (non-hydrogen) atoms. The second-order valence-electron chi connectivity index (χ2n) is 6.29. The summed E-state index contributed by atoms with van der Waals surface area (Å²) in [6.07, 6.45) is 0.556. The van der Waals surface area contributed by atoms with Crippen LogP contribution >= 0.6 is 23.2 Å². The number of amides is 1. The van der Waals surface area contributed by atoms with Gasteiger partial charge in [0.1, 0.15) is 5.75 Å². The maximum absolute atomic E-state index is 13.3. The first-order valence-corrected chi connectivity index (χ1v) is 8.95. The summed E-state index contributed by atoms with van der Waals surface area (Å²) in [5.74, 6) is -0.300. The van der Waals surface area contributed by atoms with Crippen molar-refractivity contribution >= 4 is 40.5 Å². The van der Waals surface area contributed by atoms with Crippen molar-refractivity contribution in [2.75, 3.05) is 4.90 Å². The van der Waals surface area contributed by atoms with Crippen LogP contribution in [-0.2, 0) is 11.2 Å². The van der Waals surface area contributed by atoms with Gasteiger partial charge in [0.15, 0.2) is 0 Å². The molecule has 0 radical (unpaired) electrons. The molecular formula is C21H15Cl2NO2. The maximum Gasteiger partial charge on any atom is 0.239 e. The van der Waals surface area contributed by atoms with Crippen molar-refractivity contribution in [2.24, 2.45) is 0 Å². The Hall–Kier alpha value is -2.49. The van der Waals surface area contributed by atoms with Gasteiger partial charge in [-0.1, -0.05) is 53.5 Å². The zero-order chi connectivity index (χ0) is 18.3. The second kappa shape index (κ2) is 6.67. The van der Waals surface area contributed by atoms with Gasteiger partial charge in [-0.25, -0.2) is 0 Å². The minimum atomic E-state index is -0.378. The van der Waals surface area contributed by atoms with Gasteiger partial charge in [-0.05, 0) is 53.9 Å². The summed E-state index contributed by atoms with van der Waals surface area (Å²) in [6.45, 7) is 0. The third-order valence-electron chi connectivity index (χ3n) is 4.53. The molecule has 1 atom stereocenters. The van der Waals surface area contributed by atoms with Gasteiger partial charge in [0.05, 0.1) is 17.3 Å². The number of halogens is 2. The molecule has 130 valence electrons. The van der Waals surface area contributed by atoms with E-state index in [1.54, 1.807) is 41.3 Å². The van der Waals surface area contributed by atoms with Crippen molar-refractivity contribution in [3.63, 3.8) is 0 Å². The Bertz CT molecular complexity index is 968. The van der Waals surface area contributed by atoms with E-state index in [2.05, 4.69) is 0 Å². The number of benzene rings is 3. The molecule has 1 amide bonds. The van der Waals surface area contributed by atoms with E-state index in [9.17, 15) is 9.90 Å². The number of rotatable bonds is 3. The highest BCUT2D eigenvalue weighted by atomic mass is 35.5. The molecule has 1 heterocycles. The quantitative estimate of drug-likeness (QED) is 0.629. The molecule has 0 bridgehead atoms. The van der Waals surface area contributed by atoms with Crippen LogP contribution in [0.3, 0.4) is 0 Å². The van der Waals surface area contributed by atoms with Gasteiger partial charge in [0, 0.05) is 10.0 Å². The van der Waals surface area contributed by atoms with E-state index in [4.69, 9.17) is 23.2 Å². The molecule has 1 aliphatic rings. The van der Waals surface area contributed by atoms with Crippen LogP contribution < -0.4 is 4.90 Å². The minimum absolute atomic E-state index is 0.0622. The van der Waals surface area contributed by atoms with Crippen LogP contribution in [0.4, 0.5) is 11.4 Å². The number of fused-ring (bicyclic) bond motifs is 1. The fourth-order valence-electron chi connectivity index (χ4n) is 3.41. The van der Waals surface area contributed by atoms with E-state index in [1.807, 2.05) is 30.3 Å². The van der Waals surface area contributed by atoms with Crippen LogP contribution in [0.1, 0.15) is 17.0 Å². The molecule has 0 aliphatic carbocycles. The number of carbonyl (C=O) groups is 1. The summed E-state index contributed by atoms with van der Waals surface area (Å²) in [5.41, 5.74) is 3.23. The molecule has 3 aromatic rings. The molecule has 0 aromatic heterocycles. The zero-order valence-corrected chi connectivity index (χ0v) is 15.2. The summed E-state index contributed by atoms with van der Waals surface area (Å²) in [7, 11) is 0. The first-order chi connectivity index (χ1) is 12.5. The third-order valence-corrected chi connectivity index (χ3v) is 4.97. The van der Waals surface area contributed by atoms with Crippen molar-refractivity contribution in [2.45, 2.75) is 12.3 Å². The van der Waals surface area contributed by atoms with Crippen molar-refractivity contribution < 1.29 is 9.90 Å². The highest BCUT2D eigenvalue weighted by Crippen LogP contribution is 2.45. The molecule has 1 unspecified atom stereocenters. The Labute approximate surface area is 161 Å². The Morgan fingerprint density at radius 2 is 1.62 bits per heavy atom. The van der Waals surface area contributed by atoms with Gasteiger partial charge in [0.25, 0.3) is 0 Å². The number of carbonyl (C=O) groups excluding carboxylic acids is 1. The molecular weight excluding hydrogens is 369 g/mol. The molecule has 5 heteroatoms. The van der Waals surface area contributed by atoms with E-state index in [0.717, 1.165) is 16.8 Å². The normalized spacial score (nSPS) is 16.0. The number of phenols is 1. The van der Waals surface area contributed by atoms with E-state index < -0.39 is 0 Å². The molecule has 0 spiro atoms. The largest absolute Gasteiger partial charge is 0.508 e. The lowest BCUT2D eigenvalue weighted by Crippen LogP contribution is -2.24. The summed E-state index contributed by atoms with van der Waals surface area (Å²) in [4.78, 5) is 14.9. The standard InChI is InChI=1S/C21H15Cl2NO2/c22-14-9-15(23)11-16(10-14)24-20-7-6-17(25)12-18(20)19(21(24)26)8-13-4-2-1-3-5-13/h1-7,9-12,19,25H,8H2. The lowest BCUT2D eigenvalue weighted by molar-refractivity contribution is -0.118. The Morgan fingerprint density at radius 1 is 0.923 bits per heavy atom. The predicted molar refractivity (Wildman–Crippen MR) is 105 cm³/mol. The summed E-state index contributed by atoms with van der Waals surface area (Å²) < 4.78 is 0. The number of anilines is 2. The van der Waals surface area contributed by atoms with Crippen molar-refractivity contribution in [3.05, 3.63) is 87.9 Å². The van der Waals surface area contributed by atoms with Crippen molar-refractivity contribution in [3.8, 4) is 5.75 Å². The van der Waals surface area contributed by atoms with Crippen LogP contribution in [-0.4, -0.2) is 11.0 Å². The molecule has 1 N–H and O–H groups in total. The lowest BCUT2D eigenvalue weighted by Gasteiger charge is -2.19. The third kappa shape index (κ3) is 3.05. The number of nitrogens with zero attached hydrogens (tertiary/aromatic N) is 1. The number of phenolic OH excluding ortho intramolecular Hbond substituents is 1. The van der Waals surface area contributed by atoms with Gasteiger partial charge < -0.3 is 5.11 Å². The SMILES string of the molecule is O=C1C(Cc2ccccc2)c2cc(O)ccc2N1c1cc(Cl)cc(Cl)c1. The monoisotopic (exact) mass is 383 g/mol. The van der Waals surface area contributed by atoms with Gasteiger partial charge >= 0.3 is 0 Å². The Balaban J connectivity index is 1.81. The van der Waals surface area contributed by atoms with E-state index in [-0.39, 0.29) is 17.6 Å². The minimum Gasteiger partial charge on any atom is -0.508 e. The summed E-state index contributed by atoms with van der Waals surface area (Å²) >= 11 is 12.3. The number of hydrogen-bond donors (Lipinski definition) is 1. The Morgan fingerprint density at radius 3 is 2.31 bits per heavy atom. The molecule has 0 fully saturated rings. The van der Waals surface area contributed by atoms with Crippen LogP contribution in [0.25, 0.3) is 0 Å². The van der Waals surface area contributed by atoms with Crippen molar-refractivity contribution in [1.29, 1.82) is 0 Å². The molecule has 3 nitrogen and oxygen atoms in total. The van der Waals surface area contributed by atoms with Crippen LogP contribution in [0.5, 0.6) is 5.75 Å². The van der Waals surface area contributed by atoms with Crippen LogP contribution in [0.15, 0.2) is 66.7 Å². The second-order valence-corrected chi connectivity index (χ2v) is 7.16. The van der Waals surface area contributed by atoms with E-state index in [0.29, 0.717) is 22.2 Å². The molecule has 4 rings (SSSR count). The number of hydrogen-bond acceptors (Lipinski definition) is 2. The fourth-order valence-corrected chi connectivity index (χ4v) is 3.93. The average molecular weight is 384 g/mol. The maximum atomic E-state index is 13.3. The predicted octanol–water partition coefficient (Wildman–Crippen LogP) is 5.70. The van der Waals surface area contributed by atoms with Gasteiger partial charge in [-0.2, -0.15) is 0 Å². The molecule has 0 saturated carbocycles. The fraction of sp³-hybridized carbons (Fsp3) is 0.0952. The highest BCUT2D eigenvalue weighted by Gasteiger charge is 2.38. The average Bonchev–Trinajstić information content (AvgIpc) is 2.87.